The number of aromatic nitrogens is 1. The molecule has 0 amide bonds. The molecule has 1 fully saturated rings. The highest BCUT2D eigenvalue weighted by Crippen LogP contribution is 2.23. The first-order valence-electron chi connectivity index (χ1n) is 9.01. The van der Waals surface area contributed by atoms with Gasteiger partial charge < -0.3 is 15.0 Å². The van der Waals surface area contributed by atoms with Crippen molar-refractivity contribution in [3.63, 3.8) is 0 Å². The van der Waals surface area contributed by atoms with Crippen LogP contribution in [0.2, 0.25) is 5.02 Å². The van der Waals surface area contributed by atoms with Crippen molar-refractivity contribution in [3.8, 4) is 11.6 Å². The van der Waals surface area contributed by atoms with Gasteiger partial charge in [-0.05, 0) is 48.0 Å². The van der Waals surface area contributed by atoms with Crippen LogP contribution in [0, 0.1) is 0 Å². The monoisotopic (exact) mass is 410 g/mol. The highest BCUT2D eigenvalue weighted by Gasteiger charge is 2.16. The number of guanidine groups is 1. The zero-order chi connectivity index (χ0) is 19.9. The topological polar surface area (TPSA) is 68.2 Å². The molecule has 4 rings (SSSR count). The number of pyridine rings is 1. The average Bonchev–Trinajstić information content (AvgIpc) is 2.97. The predicted molar refractivity (Wildman–Crippen MR) is 110 cm³/mol. The maximum atomic E-state index is 5.97. The van der Waals surface area contributed by atoms with Crippen LogP contribution in [-0.4, -0.2) is 29.3 Å². The van der Waals surface area contributed by atoms with Crippen LogP contribution in [0.5, 0.6) is 11.6 Å². The molecule has 8 heteroatoms. The molecule has 3 aromatic rings. The molecule has 29 heavy (non-hydrogen) atoms. The van der Waals surface area contributed by atoms with Gasteiger partial charge in [-0.3, -0.25) is 0 Å². The molecule has 0 radical (unpaired) electrons. The summed E-state index contributed by atoms with van der Waals surface area (Å²) in [5.41, 5.74) is 1.84. The third kappa shape index (κ3) is 5.45. The summed E-state index contributed by atoms with van der Waals surface area (Å²) in [6.45, 7) is 1.04. The number of nitrogens with one attached hydrogen (secondary N) is 1. The first-order chi connectivity index (χ1) is 14.3. The molecule has 1 aliphatic heterocycles. The maximum absolute atomic E-state index is 5.97. The summed E-state index contributed by atoms with van der Waals surface area (Å²) in [6, 6.07) is 20.6. The lowest BCUT2D eigenvalue weighted by atomic mass is 10.2. The van der Waals surface area contributed by atoms with Gasteiger partial charge >= 0.3 is 0 Å². The number of hydrogen-bond acceptors (Lipinski definition) is 5. The largest absolute Gasteiger partial charge is 0.439 e. The van der Waals surface area contributed by atoms with Crippen LogP contribution in [0.15, 0.2) is 77.9 Å². The highest BCUT2D eigenvalue weighted by molar-refractivity contribution is 6.30. The molecule has 1 saturated heterocycles. The molecule has 2 aromatic carbocycles. The minimum Gasteiger partial charge on any atom is -0.439 e. The van der Waals surface area contributed by atoms with Gasteiger partial charge in [0.25, 0.3) is 0 Å². The van der Waals surface area contributed by atoms with Crippen molar-refractivity contribution in [3.05, 3.63) is 83.5 Å². The van der Waals surface area contributed by atoms with E-state index in [1.54, 1.807) is 12.3 Å². The summed E-state index contributed by atoms with van der Waals surface area (Å²) in [7, 11) is 0. The number of benzene rings is 2. The van der Waals surface area contributed by atoms with E-state index in [2.05, 4.69) is 10.3 Å². The number of ether oxygens (including phenoxy) is 1. The summed E-state index contributed by atoms with van der Waals surface area (Å²) in [5, 5.41) is 3.83. The first kappa shape index (κ1) is 19.2. The van der Waals surface area contributed by atoms with Crippen molar-refractivity contribution in [2.75, 3.05) is 13.5 Å². The van der Waals surface area contributed by atoms with Crippen LogP contribution in [0.3, 0.4) is 0 Å². The Bertz CT molecular complexity index is 950. The minimum atomic E-state index is 0.205. The van der Waals surface area contributed by atoms with Gasteiger partial charge in [0.2, 0.25) is 11.8 Å². The lowest BCUT2D eigenvalue weighted by Gasteiger charge is -2.22. The number of aliphatic imine (C=N–C) groups is 1. The van der Waals surface area contributed by atoms with E-state index >= 15 is 0 Å². The zero-order valence-corrected chi connectivity index (χ0v) is 16.2. The van der Waals surface area contributed by atoms with E-state index < -0.39 is 0 Å². The molecule has 0 atom stereocenters. The molecular weight excluding hydrogens is 392 g/mol. The van der Waals surface area contributed by atoms with Gasteiger partial charge in [0.15, 0.2) is 13.5 Å². The third-order valence-corrected chi connectivity index (χ3v) is 4.35. The van der Waals surface area contributed by atoms with E-state index in [0.717, 1.165) is 11.3 Å². The Kier molecular flexibility index (Phi) is 6.21. The summed E-state index contributed by atoms with van der Waals surface area (Å²) < 4.78 is 5.72. The lowest BCUT2D eigenvalue weighted by molar-refractivity contribution is -0.305. The SMILES string of the molecule is Clc1ccc(CN2COOCN/C2=N\c2ccc(Oc3ccccn3)cc2)cc1. The fraction of sp³-hybridized carbons (Fsp3) is 0.143. The van der Waals surface area contributed by atoms with Gasteiger partial charge in [-0.25, -0.2) is 19.8 Å². The smallest absolute Gasteiger partial charge is 0.219 e. The highest BCUT2D eigenvalue weighted by atomic mass is 35.5. The molecular formula is C21H19ClN4O3. The van der Waals surface area contributed by atoms with Crippen LogP contribution in [0.1, 0.15) is 5.56 Å². The van der Waals surface area contributed by atoms with Gasteiger partial charge in [-0.1, -0.05) is 29.8 Å². The molecule has 0 bridgehead atoms. The fourth-order valence-corrected chi connectivity index (χ4v) is 2.82. The summed E-state index contributed by atoms with van der Waals surface area (Å²) in [5.74, 6) is 1.88. The van der Waals surface area contributed by atoms with E-state index in [4.69, 9.17) is 31.1 Å². The molecule has 1 aliphatic rings. The second kappa shape index (κ2) is 9.38. The summed E-state index contributed by atoms with van der Waals surface area (Å²) in [6.07, 6.45) is 1.69. The number of nitrogens with zero attached hydrogens (tertiary/aromatic N) is 3. The Balaban J connectivity index is 1.49. The Morgan fingerprint density at radius 1 is 1.03 bits per heavy atom. The molecule has 1 N–H and O–H groups in total. The zero-order valence-electron chi connectivity index (χ0n) is 15.5. The molecule has 0 spiro atoms. The van der Waals surface area contributed by atoms with Crippen molar-refractivity contribution in [2.24, 2.45) is 4.99 Å². The Labute approximate surface area is 173 Å². The van der Waals surface area contributed by atoms with Gasteiger partial charge in [0, 0.05) is 23.8 Å². The van der Waals surface area contributed by atoms with Crippen LogP contribution in [0.4, 0.5) is 5.69 Å². The normalized spacial score (nSPS) is 15.6. The quantitative estimate of drug-likeness (QED) is 0.625. The Morgan fingerprint density at radius 3 is 2.62 bits per heavy atom. The fourth-order valence-electron chi connectivity index (χ4n) is 2.69. The van der Waals surface area contributed by atoms with Gasteiger partial charge in [0.1, 0.15) is 5.75 Å². The van der Waals surface area contributed by atoms with Crippen LogP contribution in [-0.2, 0) is 16.3 Å². The van der Waals surface area contributed by atoms with E-state index in [9.17, 15) is 0 Å². The van der Waals surface area contributed by atoms with E-state index in [1.807, 2.05) is 65.6 Å². The number of rotatable bonds is 5. The van der Waals surface area contributed by atoms with Gasteiger partial charge in [-0.2, -0.15) is 0 Å². The van der Waals surface area contributed by atoms with E-state index in [0.29, 0.717) is 29.2 Å². The standard InChI is InChI=1S/C21H19ClN4O3/c22-17-6-4-16(5-7-17)13-26-15-28-27-14-24-21(26)25-18-8-10-19(11-9-18)29-20-3-1-2-12-23-20/h1-12H,13-15H2,(H,24,25). The van der Waals surface area contributed by atoms with Crippen LogP contribution < -0.4 is 10.1 Å². The Morgan fingerprint density at radius 2 is 1.86 bits per heavy atom. The second-order valence-electron chi connectivity index (χ2n) is 6.21. The molecule has 148 valence electrons. The number of halogens is 1. The molecule has 0 unspecified atom stereocenters. The van der Waals surface area contributed by atoms with Crippen molar-refractivity contribution in [1.82, 2.24) is 15.2 Å². The van der Waals surface area contributed by atoms with E-state index in [-0.39, 0.29) is 13.5 Å². The van der Waals surface area contributed by atoms with Crippen molar-refractivity contribution in [1.29, 1.82) is 0 Å². The number of hydrogen-bond donors (Lipinski definition) is 1. The van der Waals surface area contributed by atoms with E-state index in [1.165, 1.54) is 0 Å². The maximum Gasteiger partial charge on any atom is 0.219 e. The average molecular weight is 411 g/mol. The second-order valence-corrected chi connectivity index (χ2v) is 6.65. The third-order valence-electron chi connectivity index (χ3n) is 4.10. The van der Waals surface area contributed by atoms with Crippen molar-refractivity contribution >= 4 is 23.2 Å². The van der Waals surface area contributed by atoms with Crippen molar-refractivity contribution in [2.45, 2.75) is 6.54 Å². The molecule has 7 nitrogen and oxygen atoms in total. The molecule has 1 aromatic heterocycles. The summed E-state index contributed by atoms with van der Waals surface area (Å²) in [4.78, 5) is 21.0. The Hall–Kier alpha value is -3.13. The van der Waals surface area contributed by atoms with Gasteiger partial charge in [-0.15, -0.1) is 0 Å². The van der Waals surface area contributed by atoms with Crippen molar-refractivity contribution < 1.29 is 14.5 Å². The summed E-state index contributed by atoms with van der Waals surface area (Å²) >= 11 is 5.97. The van der Waals surface area contributed by atoms with Crippen LogP contribution in [0.25, 0.3) is 0 Å². The molecule has 0 saturated carbocycles. The molecule has 0 aliphatic carbocycles. The van der Waals surface area contributed by atoms with Gasteiger partial charge in [0.05, 0.1) is 5.69 Å². The minimum absolute atomic E-state index is 0.205. The lowest BCUT2D eigenvalue weighted by Crippen LogP contribution is -2.39. The molecule has 2 heterocycles. The predicted octanol–water partition coefficient (Wildman–Crippen LogP) is 4.48. The first-order valence-corrected chi connectivity index (χ1v) is 9.39. The van der Waals surface area contributed by atoms with Crippen LogP contribution >= 0.6 is 11.6 Å².